The van der Waals surface area contributed by atoms with Crippen LogP contribution in [-0.2, 0) is 4.79 Å². The highest BCUT2D eigenvalue weighted by molar-refractivity contribution is 5.94. The molecule has 2 amide bonds. The molecule has 2 N–H and O–H groups in total. The number of nitrogens with one attached hydrogen (secondary N) is 2. The fourth-order valence-electron chi connectivity index (χ4n) is 2.63. The van der Waals surface area contributed by atoms with Crippen LogP contribution in [0.25, 0.3) is 0 Å². The van der Waals surface area contributed by atoms with Gasteiger partial charge in [-0.2, -0.15) is 5.10 Å². The van der Waals surface area contributed by atoms with Gasteiger partial charge in [0.25, 0.3) is 11.8 Å². The molecular formula is C23H21N3O7. The van der Waals surface area contributed by atoms with Crippen molar-refractivity contribution in [2.45, 2.75) is 0 Å². The summed E-state index contributed by atoms with van der Waals surface area (Å²) in [5, 5.41) is 6.24. The molecular weight excluding hydrogens is 430 g/mol. The maximum absolute atomic E-state index is 12.4. The van der Waals surface area contributed by atoms with E-state index < -0.39 is 17.8 Å². The van der Waals surface area contributed by atoms with Crippen molar-refractivity contribution in [2.24, 2.45) is 5.10 Å². The standard InChI is InChI=1S/C23H21N3O7/c1-30-17-6-3-5-16(12-17)23(29)33-18-9-8-15(11-20(18)31-2)13-25-26-21(27)14-24-22(28)19-7-4-10-32-19/h3-13H,14H2,1-2H3,(H,24,28)(H,26,27). The summed E-state index contributed by atoms with van der Waals surface area (Å²) in [6.07, 6.45) is 2.74. The van der Waals surface area contributed by atoms with Crippen LogP contribution in [-0.4, -0.2) is 44.8 Å². The number of amides is 2. The molecule has 0 aliphatic carbocycles. The lowest BCUT2D eigenvalue weighted by atomic mass is 10.2. The molecule has 33 heavy (non-hydrogen) atoms. The third kappa shape index (κ3) is 6.44. The minimum absolute atomic E-state index is 0.102. The Morgan fingerprint density at radius 3 is 2.58 bits per heavy atom. The van der Waals surface area contributed by atoms with Crippen molar-refractivity contribution in [1.29, 1.82) is 0 Å². The average molecular weight is 451 g/mol. The lowest BCUT2D eigenvalue weighted by Gasteiger charge is -2.10. The molecule has 0 saturated heterocycles. The molecule has 0 aliphatic rings. The lowest BCUT2D eigenvalue weighted by molar-refractivity contribution is -0.120. The molecule has 0 unspecified atom stereocenters. The lowest BCUT2D eigenvalue weighted by Crippen LogP contribution is -2.34. The Hall–Kier alpha value is -4.60. The maximum atomic E-state index is 12.4. The Labute approximate surface area is 189 Å². The number of furan rings is 1. The highest BCUT2D eigenvalue weighted by Gasteiger charge is 2.14. The number of carbonyl (C=O) groups is 3. The topological polar surface area (TPSA) is 128 Å². The van der Waals surface area contributed by atoms with E-state index in [1.54, 1.807) is 48.5 Å². The van der Waals surface area contributed by atoms with Gasteiger partial charge in [0, 0.05) is 0 Å². The number of rotatable bonds is 9. The van der Waals surface area contributed by atoms with E-state index in [1.165, 1.54) is 32.8 Å². The van der Waals surface area contributed by atoms with Gasteiger partial charge in [-0.25, -0.2) is 10.2 Å². The smallest absolute Gasteiger partial charge is 0.343 e. The second-order valence-corrected chi connectivity index (χ2v) is 6.48. The van der Waals surface area contributed by atoms with Crippen molar-refractivity contribution in [2.75, 3.05) is 20.8 Å². The Kier molecular flexibility index (Phi) is 7.79. The summed E-state index contributed by atoms with van der Waals surface area (Å²) in [5.41, 5.74) is 3.20. The summed E-state index contributed by atoms with van der Waals surface area (Å²) in [6, 6.07) is 14.4. The quantitative estimate of drug-likeness (QED) is 0.221. The normalized spacial score (nSPS) is 10.5. The van der Waals surface area contributed by atoms with Gasteiger partial charge in [0.15, 0.2) is 17.3 Å². The fourth-order valence-corrected chi connectivity index (χ4v) is 2.63. The van der Waals surface area contributed by atoms with Gasteiger partial charge in [-0.1, -0.05) is 6.07 Å². The van der Waals surface area contributed by atoms with Crippen LogP contribution in [0.1, 0.15) is 26.5 Å². The van der Waals surface area contributed by atoms with E-state index in [0.717, 1.165) is 0 Å². The van der Waals surface area contributed by atoms with Gasteiger partial charge >= 0.3 is 5.97 Å². The van der Waals surface area contributed by atoms with E-state index in [4.69, 9.17) is 18.6 Å². The SMILES string of the molecule is COc1cccc(C(=O)Oc2ccc(C=NNC(=O)CNC(=O)c3ccco3)cc2OC)c1. The van der Waals surface area contributed by atoms with Crippen molar-refractivity contribution in [1.82, 2.24) is 10.7 Å². The van der Waals surface area contributed by atoms with E-state index in [1.807, 2.05) is 0 Å². The van der Waals surface area contributed by atoms with Crippen LogP contribution < -0.4 is 25.0 Å². The monoisotopic (exact) mass is 451 g/mol. The minimum atomic E-state index is -0.572. The van der Waals surface area contributed by atoms with Crippen molar-refractivity contribution in [3.63, 3.8) is 0 Å². The minimum Gasteiger partial charge on any atom is -0.497 e. The van der Waals surface area contributed by atoms with Crippen LogP contribution >= 0.6 is 0 Å². The first-order valence-electron chi connectivity index (χ1n) is 9.68. The highest BCUT2D eigenvalue weighted by Crippen LogP contribution is 2.28. The average Bonchev–Trinajstić information content (AvgIpc) is 3.38. The fraction of sp³-hybridized carbons (Fsp3) is 0.130. The van der Waals surface area contributed by atoms with Crippen molar-refractivity contribution in [3.8, 4) is 17.2 Å². The zero-order chi connectivity index (χ0) is 23.6. The molecule has 0 aliphatic heterocycles. The van der Waals surface area contributed by atoms with Crippen LogP contribution in [0.15, 0.2) is 70.4 Å². The molecule has 0 spiro atoms. The number of esters is 1. The molecule has 0 bridgehead atoms. The summed E-state index contributed by atoms with van der Waals surface area (Å²) < 4.78 is 20.8. The molecule has 0 radical (unpaired) electrons. The molecule has 0 atom stereocenters. The van der Waals surface area contributed by atoms with Crippen LogP contribution in [0.4, 0.5) is 0 Å². The molecule has 1 aromatic heterocycles. The molecule has 10 heteroatoms. The van der Waals surface area contributed by atoms with E-state index >= 15 is 0 Å². The predicted molar refractivity (Wildman–Crippen MR) is 118 cm³/mol. The number of ether oxygens (including phenoxy) is 3. The third-order valence-corrected chi connectivity index (χ3v) is 4.25. The second-order valence-electron chi connectivity index (χ2n) is 6.48. The van der Waals surface area contributed by atoms with Gasteiger partial charge in [-0.05, 0) is 54.1 Å². The number of nitrogens with zero attached hydrogens (tertiary/aromatic N) is 1. The summed E-state index contributed by atoms with van der Waals surface area (Å²) in [6.45, 7) is -0.278. The molecule has 1 heterocycles. The molecule has 10 nitrogen and oxygen atoms in total. The number of hydrogen-bond donors (Lipinski definition) is 2. The Bertz CT molecular complexity index is 1160. The van der Waals surface area contributed by atoms with Gasteiger partial charge in [-0.15, -0.1) is 0 Å². The summed E-state index contributed by atoms with van der Waals surface area (Å²) in [4.78, 5) is 36.0. The first-order valence-corrected chi connectivity index (χ1v) is 9.68. The zero-order valence-electron chi connectivity index (χ0n) is 17.9. The highest BCUT2D eigenvalue weighted by atomic mass is 16.6. The summed E-state index contributed by atoms with van der Waals surface area (Å²) in [7, 11) is 2.94. The van der Waals surface area contributed by atoms with E-state index in [2.05, 4.69) is 15.8 Å². The Morgan fingerprint density at radius 1 is 1.00 bits per heavy atom. The number of hydrogen-bond acceptors (Lipinski definition) is 8. The molecule has 0 fully saturated rings. The largest absolute Gasteiger partial charge is 0.497 e. The number of carbonyl (C=O) groups excluding carboxylic acids is 3. The molecule has 0 saturated carbocycles. The molecule has 2 aromatic carbocycles. The van der Waals surface area contributed by atoms with E-state index in [0.29, 0.717) is 22.6 Å². The Balaban J connectivity index is 1.56. The van der Waals surface area contributed by atoms with E-state index in [9.17, 15) is 14.4 Å². The maximum Gasteiger partial charge on any atom is 0.343 e. The number of hydrazone groups is 1. The van der Waals surface area contributed by atoms with Crippen LogP contribution in [0, 0.1) is 0 Å². The van der Waals surface area contributed by atoms with Gasteiger partial charge in [-0.3, -0.25) is 9.59 Å². The first-order chi connectivity index (χ1) is 16.0. The molecule has 170 valence electrons. The van der Waals surface area contributed by atoms with Crippen molar-refractivity contribution in [3.05, 3.63) is 77.7 Å². The van der Waals surface area contributed by atoms with Gasteiger partial charge in [0.2, 0.25) is 0 Å². The molecule has 3 rings (SSSR count). The summed E-state index contributed by atoms with van der Waals surface area (Å²) >= 11 is 0. The molecule has 3 aromatic rings. The first kappa shape index (κ1) is 23.1. The van der Waals surface area contributed by atoms with Crippen molar-refractivity contribution < 1.29 is 33.0 Å². The summed E-state index contributed by atoms with van der Waals surface area (Å²) in [5.74, 6) is -0.460. The third-order valence-electron chi connectivity index (χ3n) is 4.25. The second kappa shape index (κ2) is 11.1. The number of methoxy groups -OCH3 is 2. The van der Waals surface area contributed by atoms with Gasteiger partial charge in [0.05, 0.1) is 38.8 Å². The predicted octanol–water partition coefficient (Wildman–Crippen LogP) is 2.40. The Morgan fingerprint density at radius 2 is 1.85 bits per heavy atom. The zero-order valence-corrected chi connectivity index (χ0v) is 17.9. The number of benzene rings is 2. The van der Waals surface area contributed by atoms with Gasteiger partial charge in [0.1, 0.15) is 5.75 Å². The van der Waals surface area contributed by atoms with Crippen molar-refractivity contribution >= 4 is 24.0 Å². The van der Waals surface area contributed by atoms with Crippen LogP contribution in [0.3, 0.4) is 0 Å². The van der Waals surface area contributed by atoms with Crippen LogP contribution in [0.2, 0.25) is 0 Å². The van der Waals surface area contributed by atoms with Gasteiger partial charge < -0.3 is 23.9 Å². The van der Waals surface area contributed by atoms with E-state index in [-0.39, 0.29) is 18.1 Å². The van der Waals surface area contributed by atoms with Crippen LogP contribution in [0.5, 0.6) is 17.2 Å².